The standard InChI is InChI=1S/C10H14N4/c11-4-2-6-14-8-9(7-13-14)10-3-1-5-12-10/h1,3,5,7-8,12H,2,4,6,11H2. The molecule has 14 heavy (non-hydrogen) atoms. The maximum atomic E-state index is 5.43. The van der Waals surface area contributed by atoms with E-state index in [9.17, 15) is 0 Å². The molecule has 0 aliphatic carbocycles. The van der Waals surface area contributed by atoms with Gasteiger partial charge in [0, 0.05) is 30.2 Å². The molecule has 0 spiro atoms. The van der Waals surface area contributed by atoms with Crippen LogP contribution in [0.1, 0.15) is 6.42 Å². The van der Waals surface area contributed by atoms with Crippen molar-refractivity contribution >= 4 is 0 Å². The van der Waals surface area contributed by atoms with Gasteiger partial charge in [-0.15, -0.1) is 0 Å². The number of hydrogen-bond donors (Lipinski definition) is 2. The van der Waals surface area contributed by atoms with Crippen LogP contribution in [-0.4, -0.2) is 21.3 Å². The number of nitrogens with one attached hydrogen (secondary N) is 1. The Balaban J connectivity index is 2.10. The second-order valence-corrected chi connectivity index (χ2v) is 3.22. The molecule has 0 aliphatic heterocycles. The molecule has 2 aromatic rings. The van der Waals surface area contributed by atoms with Crippen molar-refractivity contribution in [3.8, 4) is 11.3 Å². The molecule has 0 amide bonds. The van der Waals surface area contributed by atoms with Crippen molar-refractivity contribution in [3.63, 3.8) is 0 Å². The van der Waals surface area contributed by atoms with Gasteiger partial charge >= 0.3 is 0 Å². The number of rotatable bonds is 4. The van der Waals surface area contributed by atoms with Gasteiger partial charge in [-0.2, -0.15) is 5.10 Å². The van der Waals surface area contributed by atoms with Crippen LogP contribution in [0.25, 0.3) is 11.3 Å². The first kappa shape index (κ1) is 9.02. The Bertz CT molecular complexity index is 374. The highest BCUT2D eigenvalue weighted by atomic mass is 15.3. The lowest BCUT2D eigenvalue weighted by Crippen LogP contribution is -2.05. The fourth-order valence-electron chi connectivity index (χ4n) is 1.39. The third-order valence-corrected chi connectivity index (χ3v) is 2.13. The smallest absolute Gasteiger partial charge is 0.0583 e. The van der Waals surface area contributed by atoms with Crippen LogP contribution < -0.4 is 5.73 Å². The highest BCUT2D eigenvalue weighted by Gasteiger charge is 2.00. The lowest BCUT2D eigenvalue weighted by atomic mass is 10.3. The van der Waals surface area contributed by atoms with Crippen LogP contribution in [0.4, 0.5) is 0 Å². The quantitative estimate of drug-likeness (QED) is 0.761. The van der Waals surface area contributed by atoms with Crippen molar-refractivity contribution in [3.05, 3.63) is 30.7 Å². The zero-order chi connectivity index (χ0) is 9.80. The van der Waals surface area contributed by atoms with E-state index in [-0.39, 0.29) is 0 Å². The molecule has 0 unspecified atom stereocenters. The van der Waals surface area contributed by atoms with E-state index in [0.29, 0.717) is 6.54 Å². The summed E-state index contributed by atoms with van der Waals surface area (Å²) >= 11 is 0. The van der Waals surface area contributed by atoms with Gasteiger partial charge in [0.05, 0.1) is 6.20 Å². The summed E-state index contributed by atoms with van der Waals surface area (Å²) in [6, 6.07) is 4.01. The van der Waals surface area contributed by atoms with Crippen molar-refractivity contribution in [2.24, 2.45) is 5.73 Å². The second-order valence-electron chi connectivity index (χ2n) is 3.22. The van der Waals surface area contributed by atoms with Crippen LogP contribution >= 0.6 is 0 Å². The number of H-pyrrole nitrogens is 1. The average Bonchev–Trinajstić information content (AvgIpc) is 2.85. The molecule has 2 aromatic heterocycles. The highest BCUT2D eigenvalue weighted by molar-refractivity contribution is 5.56. The van der Waals surface area contributed by atoms with Gasteiger partial charge in [0.15, 0.2) is 0 Å². The monoisotopic (exact) mass is 190 g/mol. The van der Waals surface area contributed by atoms with Crippen LogP contribution in [0.2, 0.25) is 0 Å². The van der Waals surface area contributed by atoms with Gasteiger partial charge in [-0.25, -0.2) is 0 Å². The summed E-state index contributed by atoms with van der Waals surface area (Å²) in [4.78, 5) is 3.14. The molecular weight excluding hydrogens is 176 g/mol. The van der Waals surface area contributed by atoms with Gasteiger partial charge in [0.2, 0.25) is 0 Å². The van der Waals surface area contributed by atoms with Crippen LogP contribution in [0.5, 0.6) is 0 Å². The van der Waals surface area contributed by atoms with Crippen molar-refractivity contribution in [2.75, 3.05) is 6.54 Å². The topological polar surface area (TPSA) is 59.6 Å². The number of hydrogen-bond acceptors (Lipinski definition) is 2. The summed E-state index contributed by atoms with van der Waals surface area (Å²) in [5, 5.41) is 4.25. The molecule has 2 heterocycles. The molecule has 0 aliphatic rings. The van der Waals surface area contributed by atoms with E-state index >= 15 is 0 Å². The molecule has 3 N–H and O–H groups in total. The molecule has 0 saturated heterocycles. The Morgan fingerprint density at radius 1 is 1.50 bits per heavy atom. The number of aryl methyl sites for hydroxylation is 1. The largest absolute Gasteiger partial charge is 0.361 e. The van der Waals surface area contributed by atoms with E-state index in [1.807, 2.05) is 35.4 Å². The summed E-state index contributed by atoms with van der Waals surface area (Å²) < 4.78 is 1.92. The molecule has 4 heteroatoms. The molecule has 4 nitrogen and oxygen atoms in total. The Kier molecular flexibility index (Phi) is 2.65. The van der Waals surface area contributed by atoms with Crippen molar-refractivity contribution in [1.29, 1.82) is 0 Å². The third-order valence-electron chi connectivity index (χ3n) is 2.13. The summed E-state index contributed by atoms with van der Waals surface area (Å²) in [6.45, 7) is 1.59. The Labute approximate surface area is 82.7 Å². The highest BCUT2D eigenvalue weighted by Crippen LogP contribution is 2.15. The van der Waals surface area contributed by atoms with Gasteiger partial charge in [-0.05, 0) is 25.1 Å². The number of nitrogens with two attached hydrogens (primary N) is 1. The summed E-state index contributed by atoms with van der Waals surface area (Å²) in [5.74, 6) is 0. The summed E-state index contributed by atoms with van der Waals surface area (Å²) in [6.07, 6.45) is 6.77. The van der Waals surface area contributed by atoms with E-state index in [2.05, 4.69) is 10.1 Å². The molecule has 74 valence electrons. The first-order valence-corrected chi connectivity index (χ1v) is 4.76. The summed E-state index contributed by atoms with van der Waals surface area (Å²) in [7, 11) is 0. The van der Waals surface area contributed by atoms with E-state index in [1.54, 1.807) is 0 Å². The number of aromatic nitrogens is 3. The van der Waals surface area contributed by atoms with Gasteiger partial charge in [-0.3, -0.25) is 4.68 Å². The molecule has 0 aromatic carbocycles. The van der Waals surface area contributed by atoms with Gasteiger partial charge < -0.3 is 10.7 Å². The normalized spacial score (nSPS) is 10.6. The Morgan fingerprint density at radius 3 is 3.14 bits per heavy atom. The minimum Gasteiger partial charge on any atom is -0.361 e. The van der Waals surface area contributed by atoms with Crippen LogP contribution in [0.3, 0.4) is 0 Å². The van der Waals surface area contributed by atoms with Crippen molar-refractivity contribution in [1.82, 2.24) is 14.8 Å². The minimum atomic E-state index is 0.706. The van der Waals surface area contributed by atoms with Crippen LogP contribution in [0.15, 0.2) is 30.7 Å². The molecule has 0 radical (unpaired) electrons. The maximum Gasteiger partial charge on any atom is 0.0583 e. The van der Waals surface area contributed by atoms with Gasteiger partial charge in [0.25, 0.3) is 0 Å². The lowest BCUT2D eigenvalue weighted by molar-refractivity contribution is 0.585. The SMILES string of the molecule is NCCCn1cc(-c2ccc[nH]2)cn1. The maximum absolute atomic E-state index is 5.43. The molecule has 0 atom stereocenters. The van der Waals surface area contributed by atoms with Crippen LogP contribution in [-0.2, 0) is 6.54 Å². The Morgan fingerprint density at radius 2 is 2.43 bits per heavy atom. The van der Waals surface area contributed by atoms with E-state index < -0.39 is 0 Å². The molecule has 0 fully saturated rings. The molecule has 0 bridgehead atoms. The van der Waals surface area contributed by atoms with Gasteiger partial charge in [-0.1, -0.05) is 0 Å². The molecule has 2 rings (SSSR count). The van der Waals surface area contributed by atoms with Crippen molar-refractivity contribution < 1.29 is 0 Å². The second kappa shape index (κ2) is 4.11. The van der Waals surface area contributed by atoms with E-state index in [0.717, 1.165) is 24.2 Å². The third kappa shape index (κ3) is 1.85. The molecule has 0 saturated carbocycles. The number of aromatic amines is 1. The number of nitrogens with zero attached hydrogens (tertiary/aromatic N) is 2. The predicted octanol–water partition coefficient (Wildman–Crippen LogP) is 1.23. The van der Waals surface area contributed by atoms with Crippen LogP contribution in [0, 0.1) is 0 Å². The fraction of sp³-hybridized carbons (Fsp3) is 0.300. The summed E-state index contributed by atoms with van der Waals surface area (Å²) in [5.41, 5.74) is 7.65. The fourth-order valence-corrected chi connectivity index (χ4v) is 1.39. The predicted molar refractivity (Wildman–Crippen MR) is 55.7 cm³/mol. The average molecular weight is 190 g/mol. The van der Waals surface area contributed by atoms with E-state index in [4.69, 9.17) is 5.73 Å². The lowest BCUT2D eigenvalue weighted by Gasteiger charge is -1.97. The zero-order valence-corrected chi connectivity index (χ0v) is 7.98. The molecular formula is C10H14N4. The van der Waals surface area contributed by atoms with E-state index in [1.165, 1.54) is 0 Å². The van der Waals surface area contributed by atoms with Crippen molar-refractivity contribution in [2.45, 2.75) is 13.0 Å². The van der Waals surface area contributed by atoms with Gasteiger partial charge in [0.1, 0.15) is 0 Å². The first-order chi connectivity index (χ1) is 6.90. The first-order valence-electron chi connectivity index (χ1n) is 4.76. The Hall–Kier alpha value is -1.55. The zero-order valence-electron chi connectivity index (χ0n) is 7.98. The minimum absolute atomic E-state index is 0.706.